The highest BCUT2D eigenvalue weighted by molar-refractivity contribution is 5.49. The zero-order valence-corrected chi connectivity index (χ0v) is 16.5. The van der Waals surface area contributed by atoms with Crippen molar-refractivity contribution in [2.75, 3.05) is 51.2 Å². The average molecular weight is 415 g/mol. The van der Waals surface area contributed by atoms with Gasteiger partial charge in [-0.15, -0.1) is 5.01 Å². The van der Waals surface area contributed by atoms with Crippen LogP contribution >= 0.6 is 0 Å². The van der Waals surface area contributed by atoms with Crippen LogP contribution in [-0.2, 0) is 6.18 Å². The van der Waals surface area contributed by atoms with Crippen LogP contribution in [0.5, 0.6) is 0 Å². The van der Waals surface area contributed by atoms with Gasteiger partial charge in [-0.25, -0.2) is 0 Å². The van der Waals surface area contributed by atoms with Gasteiger partial charge in [0, 0.05) is 51.7 Å². The maximum Gasteiger partial charge on any atom is 0.416 e. The number of anilines is 1. The molecule has 0 radical (unpaired) electrons. The molecule has 3 rings (SSSR count). The third-order valence-corrected chi connectivity index (χ3v) is 5.35. The summed E-state index contributed by atoms with van der Waals surface area (Å²) in [5, 5.41) is 22.3. The number of alkyl halides is 3. The number of halogens is 3. The molecule has 0 aliphatic carbocycles. The van der Waals surface area contributed by atoms with E-state index in [0.29, 0.717) is 25.3 Å². The quantitative estimate of drug-likeness (QED) is 0.691. The Morgan fingerprint density at radius 3 is 2.41 bits per heavy atom. The van der Waals surface area contributed by atoms with E-state index in [9.17, 15) is 23.5 Å². The standard InChI is InChI=1S/C19H28F3N5O2/c1-23-9-14-27(29)26(18(23)28)8-3-2-7-24-10-12-25(13-11-24)17-6-4-5-16(15-17)19(20,21)22/h4-6,9,14-15,18,28-29H,2-3,7-8,10-13H2,1H3. The van der Waals surface area contributed by atoms with Crippen LogP contribution in [-0.4, -0.2) is 83.0 Å². The zero-order chi connectivity index (χ0) is 21.0. The lowest BCUT2D eigenvalue weighted by Crippen LogP contribution is -2.54. The van der Waals surface area contributed by atoms with Crippen LogP contribution in [0.15, 0.2) is 36.7 Å². The van der Waals surface area contributed by atoms with E-state index in [1.165, 1.54) is 23.3 Å². The molecule has 1 aromatic carbocycles. The topological polar surface area (TPSA) is 56.7 Å². The Kier molecular flexibility index (Phi) is 6.89. The van der Waals surface area contributed by atoms with Crippen molar-refractivity contribution in [2.45, 2.75) is 25.4 Å². The summed E-state index contributed by atoms with van der Waals surface area (Å²) in [6.07, 6.45) is -0.474. The second-order valence-electron chi connectivity index (χ2n) is 7.38. The molecule has 2 heterocycles. The van der Waals surface area contributed by atoms with E-state index in [-0.39, 0.29) is 0 Å². The number of piperazine rings is 1. The molecular weight excluding hydrogens is 387 g/mol. The molecule has 1 fully saturated rings. The summed E-state index contributed by atoms with van der Waals surface area (Å²) in [5.74, 6) is 0. The van der Waals surface area contributed by atoms with Gasteiger partial charge in [0.25, 0.3) is 0 Å². The molecule has 2 aliphatic rings. The first-order chi connectivity index (χ1) is 13.8. The number of hydrogen-bond donors (Lipinski definition) is 2. The van der Waals surface area contributed by atoms with Crippen LogP contribution in [0.25, 0.3) is 0 Å². The molecule has 0 spiro atoms. The molecule has 10 heteroatoms. The Labute approximate surface area is 168 Å². The Morgan fingerprint density at radius 1 is 1.03 bits per heavy atom. The van der Waals surface area contributed by atoms with Crippen LogP contribution in [0.2, 0.25) is 0 Å². The van der Waals surface area contributed by atoms with Crippen LogP contribution < -0.4 is 4.90 Å². The first-order valence-electron chi connectivity index (χ1n) is 9.73. The van der Waals surface area contributed by atoms with E-state index >= 15 is 0 Å². The SMILES string of the molecule is CN1C=CN(O)N(CCCCN2CCN(c3cccc(C(F)(F)F)c3)CC2)C1O. The lowest BCUT2D eigenvalue weighted by atomic mass is 10.1. The van der Waals surface area contributed by atoms with Gasteiger partial charge in [-0.1, -0.05) is 6.07 Å². The molecular formula is C19H28F3N5O2. The van der Waals surface area contributed by atoms with Crippen LogP contribution in [0, 0.1) is 0 Å². The normalized spacial score (nSPS) is 21.9. The largest absolute Gasteiger partial charge is 0.416 e. The van der Waals surface area contributed by atoms with E-state index in [1.54, 1.807) is 24.2 Å². The summed E-state index contributed by atoms with van der Waals surface area (Å²) in [4.78, 5) is 5.88. The van der Waals surface area contributed by atoms with Gasteiger partial charge in [-0.2, -0.15) is 18.3 Å². The monoisotopic (exact) mass is 415 g/mol. The predicted molar refractivity (Wildman–Crippen MR) is 103 cm³/mol. The maximum absolute atomic E-state index is 12.9. The minimum atomic E-state index is -4.32. The minimum absolute atomic E-state index is 0.510. The van der Waals surface area contributed by atoms with Crippen molar-refractivity contribution >= 4 is 5.69 Å². The van der Waals surface area contributed by atoms with Gasteiger partial charge in [-0.3, -0.25) is 10.1 Å². The average Bonchev–Trinajstić information content (AvgIpc) is 2.70. The van der Waals surface area contributed by atoms with Crippen LogP contribution in [0.3, 0.4) is 0 Å². The number of nitrogens with zero attached hydrogens (tertiary/aromatic N) is 5. The summed E-state index contributed by atoms with van der Waals surface area (Å²) in [5.41, 5.74) is -0.00507. The second kappa shape index (κ2) is 9.21. The molecule has 0 bridgehead atoms. The van der Waals surface area contributed by atoms with E-state index < -0.39 is 18.1 Å². The fraction of sp³-hybridized carbons (Fsp3) is 0.579. The second-order valence-corrected chi connectivity index (χ2v) is 7.38. The fourth-order valence-corrected chi connectivity index (χ4v) is 3.58. The molecule has 1 unspecified atom stereocenters. The summed E-state index contributed by atoms with van der Waals surface area (Å²) >= 11 is 0. The molecule has 29 heavy (non-hydrogen) atoms. The molecule has 0 amide bonds. The molecule has 2 N–H and O–H groups in total. The minimum Gasteiger partial charge on any atom is -0.369 e. The first-order valence-corrected chi connectivity index (χ1v) is 9.73. The van der Waals surface area contributed by atoms with E-state index in [4.69, 9.17) is 0 Å². The molecule has 1 aromatic rings. The van der Waals surface area contributed by atoms with Crippen LogP contribution in [0.1, 0.15) is 18.4 Å². The van der Waals surface area contributed by atoms with Gasteiger partial charge in [0.1, 0.15) is 0 Å². The van der Waals surface area contributed by atoms with Crippen molar-refractivity contribution in [2.24, 2.45) is 0 Å². The maximum atomic E-state index is 12.9. The molecule has 7 nitrogen and oxygen atoms in total. The number of aliphatic hydroxyl groups excluding tert-OH is 1. The fourth-order valence-electron chi connectivity index (χ4n) is 3.58. The van der Waals surface area contributed by atoms with Crippen molar-refractivity contribution in [3.63, 3.8) is 0 Å². The highest BCUT2D eigenvalue weighted by Gasteiger charge is 2.31. The molecule has 2 aliphatic heterocycles. The summed E-state index contributed by atoms with van der Waals surface area (Å²) in [6.45, 7) is 4.34. The molecule has 1 saturated heterocycles. The molecule has 0 aromatic heterocycles. The third-order valence-electron chi connectivity index (χ3n) is 5.35. The van der Waals surface area contributed by atoms with Gasteiger partial charge >= 0.3 is 6.18 Å². The summed E-state index contributed by atoms with van der Waals surface area (Å²) in [7, 11) is 1.73. The first kappa shape index (κ1) is 21.7. The molecule has 162 valence electrons. The van der Waals surface area contributed by atoms with Crippen molar-refractivity contribution < 1.29 is 23.5 Å². The number of hydroxylamine groups is 1. The van der Waals surface area contributed by atoms with Crippen molar-refractivity contribution in [1.29, 1.82) is 0 Å². The van der Waals surface area contributed by atoms with E-state index in [1.807, 2.05) is 4.90 Å². The number of rotatable bonds is 6. The van der Waals surface area contributed by atoms with Crippen LogP contribution in [0.4, 0.5) is 18.9 Å². The Balaban J connectivity index is 1.40. The number of hydrogen-bond acceptors (Lipinski definition) is 7. The highest BCUT2D eigenvalue weighted by atomic mass is 19.4. The van der Waals surface area contributed by atoms with Gasteiger partial charge in [-0.05, 0) is 37.6 Å². The Bertz CT molecular complexity index is 695. The number of benzene rings is 1. The smallest absolute Gasteiger partial charge is 0.369 e. The Morgan fingerprint density at radius 2 is 1.72 bits per heavy atom. The van der Waals surface area contributed by atoms with Crippen molar-refractivity contribution in [3.05, 3.63) is 42.2 Å². The zero-order valence-electron chi connectivity index (χ0n) is 16.5. The number of unbranched alkanes of at least 4 members (excludes halogenated alkanes) is 1. The highest BCUT2D eigenvalue weighted by Crippen LogP contribution is 2.31. The van der Waals surface area contributed by atoms with Gasteiger partial charge in [0.2, 0.25) is 6.35 Å². The van der Waals surface area contributed by atoms with Gasteiger partial charge in [0.15, 0.2) is 0 Å². The lowest BCUT2D eigenvalue weighted by Gasteiger charge is -2.40. The molecule has 0 saturated carbocycles. The lowest BCUT2D eigenvalue weighted by molar-refractivity contribution is -0.295. The van der Waals surface area contributed by atoms with Gasteiger partial charge in [0.05, 0.1) is 11.8 Å². The van der Waals surface area contributed by atoms with Crippen molar-refractivity contribution in [1.82, 2.24) is 20.0 Å². The van der Waals surface area contributed by atoms with Crippen molar-refractivity contribution in [3.8, 4) is 0 Å². The molecule has 1 atom stereocenters. The third kappa shape index (κ3) is 5.53. The predicted octanol–water partition coefficient (Wildman–Crippen LogP) is 2.21. The summed E-state index contributed by atoms with van der Waals surface area (Å²) in [6, 6.07) is 5.49. The summed E-state index contributed by atoms with van der Waals surface area (Å²) < 4.78 is 38.7. The Hall–Kier alpha value is -2.01. The van der Waals surface area contributed by atoms with Gasteiger partial charge < -0.3 is 14.9 Å². The van der Waals surface area contributed by atoms with E-state index in [0.717, 1.165) is 43.7 Å². The van der Waals surface area contributed by atoms with E-state index in [2.05, 4.69) is 4.90 Å². The number of aliphatic hydroxyl groups is 1. The number of hydrazine groups is 1.